The number of hydrogen-bond donors (Lipinski definition) is 2. The number of carboxylic acid groups (broad SMARTS) is 1. The van der Waals surface area contributed by atoms with Crippen LogP contribution in [0.3, 0.4) is 0 Å². The van der Waals surface area contributed by atoms with E-state index in [2.05, 4.69) is 10.1 Å². The highest BCUT2D eigenvalue weighted by atomic mass is 19.4. The fourth-order valence-corrected chi connectivity index (χ4v) is 1.41. The van der Waals surface area contributed by atoms with Crippen LogP contribution in [0.15, 0.2) is 24.3 Å². The van der Waals surface area contributed by atoms with Gasteiger partial charge in [-0.05, 0) is 12.1 Å². The van der Waals surface area contributed by atoms with Crippen molar-refractivity contribution < 1.29 is 32.6 Å². The molecule has 22 heavy (non-hydrogen) atoms. The number of hydrogen-bond acceptors (Lipinski definition) is 3. The van der Waals surface area contributed by atoms with Crippen LogP contribution in [0.5, 0.6) is 5.75 Å². The number of ether oxygens (including phenoxy) is 1. The third-order valence-electron chi connectivity index (χ3n) is 2.50. The van der Waals surface area contributed by atoms with Crippen molar-refractivity contribution in [3.63, 3.8) is 0 Å². The fraction of sp³-hybridized carbons (Fsp3) is 0.385. The first-order chi connectivity index (χ1) is 10.2. The Morgan fingerprint density at radius 2 is 2.05 bits per heavy atom. The molecule has 0 fully saturated rings. The van der Waals surface area contributed by atoms with Gasteiger partial charge in [0.05, 0.1) is 6.42 Å². The number of carbonyl (C=O) groups excluding carboxylic acids is 1. The van der Waals surface area contributed by atoms with Crippen molar-refractivity contribution in [1.82, 2.24) is 4.90 Å². The van der Waals surface area contributed by atoms with Crippen molar-refractivity contribution in [3.05, 3.63) is 24.3 Å². The Morgan fingerprint density at radius 3 is 2.64 bits per heavy atom. The zero-order valence-electron chi connectivity index (χ0n) is 11.7. The summed E-state index contributed by atoms with van der Waals surface area (Å²) in [6.07, 6.45) is -4.66. The van der Waals surface area contributed by atoms with Gasteiger partial charge in [0.25, 0.3) is 0 Å². The molecule has 0 aliphatic carbocycles. The Balaban J connectivity index is 2.58. The van der Waals surface area contributed by atoms with E-state index in [1.165, 1.54) is 31.3 Å². The molecule has 2 N–H and O–H groups in total. The van der Waals surface area contributed by atoms with Crippen LogP contribution in [0.25, 0.3) is 0 Å². The molecule has 1 aromatic carbocycles. The lowest BCUT2D eigenvalue weighted by Crippen LogP contribution is -2.33. The number of anilines is 1. The molecule has 0 bridgehead atoms. The van der Waals surface area contributed by atoms with E-state index in [1.54, 1.807) is 0 Å². The Bertz CT molecular complexity index is 534. The van der Waals surface area contributed by atoms with E-state index in [4.69, 9.17) is 5.11 Å². The van der Waals surface area contributed by atoms with E-state index in [9.17, 15) is 22.8 Å². The van der Waals surface area contributed by atoms with Crippen molar-refractivity contribution >= 4 is 17.7 Å². The first-order valence-electron chi connectivity index (χ1n) is 6.21. The average molecular weight is 320 g/mol. The molecule has 0 heterocycles. The third-order valence-corrected chi connectivity index (χ3v) is 2.50. The molecule has 0 unspecified atom stereocenters. The number of carbonyl (C=O) groups is 2. The monoisotopic (exact) mass is 320 g/mol. The molecule has 2 amide bonds. The number of carboxylic acids is 1. The van der Waals surface area contributed by atoms with Crippen LogP contribution >= 0.6 is 0 Å². The second kappa shape index (κ2) is 7.53. The van der Waals surface area contributed by atoms with E-state index < -0.39 is 24.8 Å². The number of nitrogens with one attached hydrogen (secondary N) is 1. The van der Waals surface area contributed by atoms with E-state index in [-0.39, 0.29) is 24.4 Å². The van der Waals surface area contributed by atoms with Crippen LogP contribution in [-0.2, 0) is 4.79 Å². The number of aliphatic carboxylic acids is 1. The van der Waals surface area contributed by atoms with Crippen molar-refractivity contribution in [2.24, 2.45) is 0 Å². The minimum atomic E-state index is -4.45. The van der Waals surface area contributed by atoms with E-state index in [0.717, 1.165) is 4.90 Å². The van der Waals surface area contributed by atoms with Gasteiger partial charge in [0.2, 0.25) is 0 Å². The molecule has 0 atom stereocenters. The van der Waals surface area contributed by atoms with Crippen LogP contribution in [0.2, 0.25) is 0 Å². The van der Waals surface area contributed by atoms with Crippen LogP contribution in [-0.4, -0.2) is 48.4 Å². The zero-order valence-corrected chi connectivity index (χ0v) is 11.7. The number of amides is 2. The summed E-state index contributed by atoms with van der Waals surface area (Å²) >= 11 is 0. The molecule has 0 aliphatic heterocycles. The van der Waals surface area contributed by atoms with Crippen LogP contribution < -0.4 is 10.1 Å². The standard InChI is InChI=1S/C13H15F3N2O4/c1-18(6-5-11(19)20)12(21)17-9-3-2-4-10(7-9)22-8-13(14,15)16/h2-4,7H,5-6,8H2,1H3,(H,17,21)(H,19,20). The maximum atomic E-state index is 12.1. The Hall–Kier alpha value is -2.45. The van der Waals surface area contributed by atoms with Gasteiger partial charge in [-0.15, -0.1) is 0 Å². The molecule has 0 radical (unpaired) electrons. The molecule has 6 nitrogen and oxygen atoms in total. The lowest BCUT2D eigenvalue weighted by Gasteiger charge is -2.17. The molecule has 1 rings (SSSR count). The van der Waals surface area contributed by atoms with Gasteiger partial charge in [-0.25, -0.2) is 4.79 Å². The third kappa shape index (κ3) is 6.82. The fourth-order valence-electron chi connectivity index (χ4n) is 1.41. The van der Waals surface area contributed by atoms with Crippen LogP contribution in [0.1, 0.15) is 6.42 Å². The van der Waals surface area contributed by atoms with Gasteiger partial charge >= 0.3 is 18.2 Å². The lowest BCUT2D eigenvalue weighted by atomic mass is 10.3. The van der Waals surface area contributed by atoms with Crippen LogP contribution in [0.4, 0.5) is 23.7 Å². The largest absolute Gasteiger partial charge is 0.484 e. The number of nitrogens with zero attached hydrogens (tertiary/aromatic N) is 1. The molecule has 1 aromatic rings. The van der Waals surface area contributed by atoms with Crippen LogP contribution in [0, 0.1) is 0 Å². The van der Waals surface area contributed by atoms with E-state index in [0.29, 0.717) is 0 Å². The van der Waals surface area contributed by atoms with Gasteiger partial charge in [0.1, 0.15) is 5.75 Å². The molecule has 0 spiro atoms. The quantitative estimate of drug-likeness (QED) is 0.844. The number of halogens is 3. The normalized spacial score (nSPS) is 10.9. The Kier molecular flexibility index (Phi) is 6.02. The molecule has 0 aromatic heterocycles. The summed E-state index contributed by atoms with van der Waals surface area (Å²) in [7, 11) is 1.41. The van der Waals surface area contributed by atoms with Gasteiger partial charge in [-0.2, -0.15) is 13.2 Å². The predicted octanol–water partition coefficient (Wildman–Crippen LogP) is 2.57. The van der Waals surface area contributed by atoms with Crippen molar-refractivity contribution in [3.8, 4) is 5.75 Å². The van der Waals surface area contributed by atoms with Gasteiger partial charge < -0.3 is 20.1 Å². The Morgan fingerprint density at radius 1 is 1.36 bits per heavy atom. The molecule has 0 aliphatic rings. The van der Waals surface area contributed by atoms with Gasteiger partial charge in [0, 0.05) is 25.3 Å². The molecular formula is C13H15F3N2O4. The highest BCUT2D eigenvalue weighted by Crippen LogP contribution is 2.21. The summed E-state index contributed by atoms with van der Waals surface area (Å²) in [5.41, 5.74) is 0.242. The minimum Gasteiger partial charge on any atom is -0.484 e. The summed E-state index contributed by atoms with van der Waals surface area (Å²) in [4.78, 5) is 23.3. The highest BCUT2D eigenvalue weighted by molar-refractivity contribution is 5.89. The smallest absolute Gasteiger partial charge is 0.422 e. The lowest BCUT2D eigenvalue weighted by molar-refractivity contribution is -0.153. The van der Waals surface area contributed by atoms with Gasteiger partial charge in [-0.1, -0.05) is 6.07 Å². The van der Waals surface area contributed by atoms with Gasteiger partial charge in [-0.3, -0.25) is 4.79 Å². The van der Waals surface area contributed by atoms with E-state index >= 15 is 0 Å². The van der Waals surface area contributed by atoms with E-state index in [1.807, 2.05) is 0 Å². The average Bonchev–Trinajstić information content (AvgIpc) is 2.42. The highest BCUT2D eigenvalue weighted by Gasteiger charge is 2.28. The zero-order chi connectivity index (χ0) is 16.8. The topological polar surface area (TPSA) is 78.9 Å². The summed E-state index contributed by atoms with van der Waals surface area (Å²) in [6, 6.07) is 4.90. The second-order valence-electron chi connectivity index (χ2n) is 4.43. The molecule has 122 valence electrons. The molecule has 9 heteroatoms. The number of urea groups is 1. The predicted molar refractivity (Wildman–Crippen MR) is 71.9 cm³/mol. The first-order valence-corrected chi connectivity index (χ1v) is 6.21. The maximum absolute atomic E-state index is 12.1. The summed E-state index contributed by atoms with van der Waals surface area (Å²) < 4.78 is 40.7. The number of rotatable bonds is 6. The summed E-state index contributed by atoms with van der Waals surface area (Å²) in [5.74, 6) is -1.08. The SMILES string of the molecule is CN(CCC(=O)O)C(=O)Nc1cccc(OCC(F)(F)F)c1. The first kappa shape index (κ1) is 17.6. The molecular weight excluding hydrogens is 305 g/mol. The van der Waals surface area contributed by atoms with Gasteiger partial charge in [0.15, 0.2) is 6.61 Å². The van der Waals surface area contributed by atoms with Crippen molar-refractivity contribution in [1.29, 1.82) is 0 Å². The van der Waals surface area contributed by atoms with Crippen molar-refractivity contribution in [2.45, 2.75) is 12.6 Å². The summed E-state index contributed by atoms with van der Waals surface area (Å²) in [5, 5.41) is 11.0. The number of alkyl halides is 3. The minimum absolute atomic E-state index is 0.00539. The summed E-state index contributed by atoms with van der Waals surface area (Å²) in [6.45, 7) is -1.42. The Labute approximate surface area is 124 Å². The second-order valence-corrected chi connectivity index (χ2v) is 4.43. The molecule has 0 saturated carbocycles. The van der Waals surface area contributed by atoms with Crippen molar-refractivity contribution in [2.75, 3.05) is 25.5 Å². The maximum Gasteiger partial charge on any atom is 0.422 e. The molecule has 0 saturated heterocycles. The number of benzene rings is 1.